The van der Waals surface area contributed by atoms with E-state index in [0.29, 0.717) is 12.5 Å². The molecule has 1 fully saturated rings. The summed E-state index contributed by atoms with van der Waals surface area (Å²) < 4.78 is 2.17. The van der Waals surface area contributed by atoms with Crippen LogP contribution in [-0.2, 0) is 19.5 Å². The fraction of sp³-hybridized carbons (Fsp3) is 0.474. The van der Waals surface area contributed by atoms with Crippen molar-refractivity contribution in [3.05, 3.63) is 54.1 Å². The molecule has 2 aromatic rings. The Morgan fingerprint density at radius 1 is 1.28 bits per heavy atom. The number of benzene rings is 1. The molecule has 5 nitrogen and oxygen atoms in total. The number of hydrogen-bond acceptors (Lipinski definition) is 2. The van der Waals surface area contributed by atoms with E-state index < -0.39 is 0 Å². The van der Waals surface area contributed by atoms with Gasteiger partial charge in [0.15, 0.2) is 5.96 Å². The molecule has 25 heavy (non-hydrogen) atoms. The largest absolute Gasteiger partial charge is 0.370 e. The molecule has 0 bridgehead atoms. The molecule has 1 aromatic carbocycles. The van der Waals surface area contributed by atoms with E-state index in [2.05, 4.69) is 50.2 Å². The van der Waals surface area contributed by atoms with Crippen LogP contribution >= 0.6 is 24.0 Å². The highest BCUT2D eigenvalue weighted by Crippen LogP contribution is 2.24. The Kier molecular flexibility index (Phi) is 8.24. The summed E-state index contributed by atoms with van der Waals surface area (Å²) in [6, 6.07) is 10.6. The van der Waals surface area contributed by atoms with Gasteiger partial charge in [0.2, 0.25) is 0 Å². The maximum Gasteiger partial charge on any atom is 0.189 e. The van der Waals surface area contributed by atoms with Gasteiger partial charge >= 0.3 is 0 Å². The van der Waals surface area contributed by atoms with Gasteiger partial charge in [0, 0.05) is 25.5 Å². The average molecular weight is 453 g/mol. The van der Waals surface area contributed by atoms with E-state index in [9.17, 15) is 0 Å². The van der Waals surface area contributed by atoms with Crippen LogP contribution in [0.15, 0.2) is 47.7 Å². The summed E-state index contributed by atoms with van der Waals surface area (Å²) in [5.74, 6) is 2.27. The average Bonchev–Trinajstić information content (AvgIpc) is 3.00. The van der Waals surface area contributed by atoms with Crippen molar-refractivity contribution in [2.45, 2.75) is 45.2 Å². The molecule has 6 heteroatoms. The minimum Gasteiger partial charge on any atom is -0.370 e. The second kappa shape index (κ2) is 10.4. The van der Waals surface area contributed by atoms with Crippen molar-refractivity contribution in [3.63, 3.8) is 0 Å². The number of aromatic nitrogens is 2. The molecular weight excluding hydrogens is 425 g/mol. The molecule has 0 aliphatic heterocycles. The lowest BCUT2D eigenvalue weighted by Crippen LogP contribution is -2.37. The number of nitrogens with zero attached hydrogens (tertiary/aromatic N) is 3. The summed E-state index contributed by atoms with van der Waals surface area (Å²) in [6.45, 7) is 2.43. The van der Waals surface area contributed by atoms with Gasteiger partial charge < -0.3 is 15.6 Å². The van der Waals surface area contributed by atoms with Gasteiger partial charge in [0.05, 0.1) is 0 Å². The lowest BCUT2D eigenvalue weighted by molar-refractivity contribution is 0.315. The Hall–Kier alpha value is -1.57. The number of aliphatic imine (C=N–C) groups is 1. The molecule has 3 N–H and O–H groups in total. The van der Waals surface area contributed by atoms with Crippen molar-refractivity contribution in [3.8, 4) is 0 Å². The molecule has 0 saturated heterocycles. The summed E-state index contributed by atoms with van der Waals surface area (Å²) in [6.07, 6.45) is 10.0. The van der Waals surface area contributed by atoms with Crippen LogP contribution in [0.2, 0.25) is 0 Å². The van der Waals surface area contributed by atoms with Crippen molar-refractivity contribution >= 4 is 29.9 Å². The van der Waals surface area contributed by atoms with Crippen LogP contribution in [0.4, 0.5) is 0 Å². The van der Waals surface area contributed by atoms with Crippen LogP contribution < -0.4 is 11.1 Å². The highest BCUT2D eigenvalue weighted by molar-refractivity contribution is 14.0. The Labute approximate surface area is 167 Å². The number of rotatable bonds is 8. The summed E-state index contributed by atoms with van der Waals surface area (Å²) in [7, 11) is 0. The zero-order chi connectivity index (χ0) is 16.6. The highest BCUT2D eigenvalue weighted by Gasteiger charge is 2.16. The predicted molar refractivity (Wildman–Crippen MR) is 113 cm³/mol. The van der Waals surface area contributed by atoms with Crippen LogP contribution in [0.25, 0.3) is 0 Å². The maximum absolute atomic E-state index is 5.95. The summed E-state index contributed by atoms with van der Waals surface area (Å²) in [5.41, 5.74) is 7.32. The molecule has 136 valence electrons. The lowest BCUT2D eigenvalue weighted by atomic mass is 9.85. The van der Waals surface area contributed by atoms with Crippen LogP contribution in [-0.4, -0.2) is 22.1 Å². The first kappa shape index (κ1) is 19.8. The molecule has 0 spiro atoms. The normalized spacial score (nSPS) is 14.6. The van der Waals surface area contributed by atoms with Gasteiger partial charge in [-0.2, -0.15) is 0 Å². The van der Waals surface area contributed by atoms with E-state index >= 15 is 0 Å². The topological polar surface area (TPSA) is 68.2 Å². The SMILES string of the molecule is I.NC(=NCc1nccn1CCCc1ccccc1)NCC1CCC1. The first-order valence-electron chi connectivity index (χ1n) is 8.89. The molecular formula is C19H28IN5. The zero-order valence-electron chi connectivity index (χ0n) is 14.6. The zero-order valence-corrected chi connectivity index (χ0v) is 16.9. The molecule has 1 saturated carbocycles. The van der Waals surface area contributed by atoms with Crippen molar-refractivity contribution in [2.24, 2.45) is 16.6 Å². The number of imidazole rings is 1. The predicted octanol–water partition coefficient (Wildman–Crippen LogP) is 3.34. The smallest absolute Gasteiger partial charge is 0.189 e. The number of guanidine groups is 1. The lowest BCUT2D eigenvalue weighted by Gasteiger charge is -2.25. The number of nitrogens with two attached hydrogens (primary N) is 1. The van der Waals surface area contributed by atoms with Crippen LogP contribution in [0, 0.1) is 5.92 Å². The van der Waals surface area contributed by atoms with Gasteiger partial charge in [-0.3, -0.25) is 0 Å². The summed E-state index contributed by atoms with van der Waals surface area (Å²) >= 11 is 0. The molecule has 0 radical (unpaired) electrons. The van der Waals surface area contributed by atoms with Gasteiger partial charge in [0.1, 0.15) is 12.4 Å². The van der Waals surface area contributed by atoms with E-state index in [1.807, 2.05) is 12.4 Å². The second-order valence-electron chi connectivity index (χ2n) is 6.51. The number of aryl methyl sites for hydroxylation is 2. The number of halogens is 1. The van der Waals surface area contributed by atoms with Gasteiger partial charge in [-0.05, 0) is 37.2 Å². The molecule has 0 atom stereocenters. The van der Waals surface area contributed by atoms with Crippen molar-refractivity contribution in [1.82, 2.24) is 14.9 Å². The number of nitrogens with one attached hydrogen (secondary N) is 1. The first-order valence-corrected chi connectivity index (χ1v) is 8.89. The van der Waals surface area contributed by atoms with Gasteiger partial charge in [0.25, 0.3) is 0 Å². The van der Waals surface area contributed by atoms with E-state index in [4.69, 9.17) is 5.73 Å². The van der Waals surface area contributed by atoms with Crippen LogP contribution in [0.5, 0.6) is 0 Å². The van der Waals surface area contributed by atoms with Gasteiger partial charge in [-0.15, -0.1) is 24.0 Å². The molecule has 1 aliphatic rings. The third-order valence-electron chi connectivity index (χ3n) is 4.70. The molecule has 0 unspecified atom stereocenters. The minimum atomic E-state index is 0. The first-order chi connectivity index (χ1) is 11.8. The Balaban J connectivity index is 0.00000225. The molecule has 1 heterocycles. The Bertz CT molecular complexity index is 649. The molecule has 0 amide bonds. The Morgan fingerprint density at radius 3 is 2.80 bits per heavy atom. The molecule has 3 rings (SSSR count). The maximum atomic E-state index is 5.95. The molecule has 1 aliphatic carbocycles. The van der Waals surface area contributed by atoms with Gasteiger partial charge in [-0.1, -0.05) is 36.8 Å². The van der Waals surface area contributed by atoms with Gasteiger partial charge in [-0.25, -0.2) is 9.98 Å². The highest BCUT2D eigenvalue weighted by atomic mass is 127. The number of hydrogen-bond donors (Lipinski definition) is 2. The third-order valence-corrected chi connectivity index (χ3v) is 4.70. The second-order valence-corrected chi connectivity index (χ2v) is 6.51. The van der Waals surface area contributed by atoms with E-state index in [0.717, 1.165) is 37.7 Å². The van der Waals surface area contributed by atoms with Crippen molar-refractivity contribution in [2.75, 3.05) is 6.54 Å². The monoisotopic (exact) mass is 453 g/mol. The van der Waals surface area contributed by atoms with Crippen LogP contribution in [0.3, 0.4) is 0 Å². The summed E-state index contributed by atoms with van der Waals surface area (Å²) in [5, 5.41) is 3.22. The standard InChI is InChI=1S/C19H27N5.HI/c20-19(22-14-17-8-4-9-17)23-15-18-21-11-13-24(18)12-5-10-16-6-2-1-3-7-16;/h1-3,6-7,11,13,17H,4-5,8-10,12,14-15H2,(H3,20,22,23);1H. The fourth-order valence-electron chi connectivity index (χ4n) is 2.95. The van der Waals surface area contributed by atoms with Crippen molar-refractivity contribution < 1.29 is 0 Å². The van der Waals surface area contributed by atoms with E-state index in [-0.39, 0.29) is 24.0 Å². The third kappa shape index (κ3) is 6.34. The summed E-state index contributed by atoms with van der Waals surface area (Å²) in [4.78, 5) is 8.83. The van der Waals surface area contributed by atoms with Crippen molar-refractivity contribution in [1.29, 1.82) is 0 Å². The quantitative estimate of drug-likeness (QED) is 0.366. The van der Waals surface area contributed by atoms with E-state index in [1.165, 1.54) is 24.8 Å². The van der Waals surface area contributed by atoms with E-state index in [1.54, 1.807) is 0 Å². The fourth-order valence-corrected chi connectivity index (χ4v) is 2.95. The Morgan fingerprint density at radius 2 is 2.08 bits per heavy atom. The molecule has 1 aromatic heterocycles. The van der Waals surface area contributed by atoms with Crippen LogP contribution in [0.1, 0.15) is 37.1 Å². The minimum absolute atomic E-state index is 0.